The molecular formula is C14H19BrClNO. The zero-order valence-corrected chi connectivity index (χ0v) is 13.2. The number of hydrogen-bond donors (Lipinski definition) is 0. The number of halogens is 2. The molecule has 18 heavy (non-hydrogen) atoms. The van der Waals surface area contributed by atoms with E-state index >= 15 is 0 Å². The first-order valence-corrected chi connectivity index (χ1v) is 7.52. The second-order valence-electron chi connectivity index (χ2n) is 5.45. The van der Waals surface area contributed by atoms with Crippen molar-refractivity contribution in [1.29, 1.82) is 0 Å². The molecule has 2 rings (SSSR count). The van der Waals surface area contributed by atoms with E-state index in [1.807, 2.05) is 0 Å². The van der Waals surface area contributed by atoms with Crippen molar-refractivity contribution in [1.82, 2.24) is 4.90 Å². The molecule has 0 aromatic heterocycles. The van der Waals surface area contributed by atoms with Crippen LogP contribution in [0.5, 0.6) is 0 Å². The van der Waals surface area contributed by atoms with E-state index in [-0.39, 0.29) is 11.7 Å². The molecule has 2 nitrogen and oxygen atoms in total. The molecule has 0 spiro atoms. The number of nitrogens with zero attached hydrogens (tertiary/aromatic N) is 1. The highest BCUT2D eigenvalue weighted by molar-refractivity contribution is 9.10. The minimum atomic E-state index is -0.118. The molecule has 1 fully saturated rings. The lowest BCUT2D eigenvalue weighted by molar-refractivity contribution is -0.129. The predicted octanol–water partition coefficient (Wildman–Crippen LogP) is 3.67. The monoisotopic (exact) mass is 331 g/mol. The fourth-order valence-corrected chi connectivity index (χ4v) is 2.89. The molecule has 0 radical (unpaired) electrons. The molecule has 0 amide bonds. The van der Waals surface area contributed by atoms with Gasteiger partial charge >= 0.3 is 0 Å². The van der Waals surface area contributed by atoms with Gasteiger partial charge in [0.1, 0.15) is 0 Å². The van der Waals surface area contributed by atoms with Gasteiger partial charge in [0.05, 0.1) is 11.7 Å². The Bertz CT molecular complexity index is 393. The minimum absolute atomic E-state index is 0.118. The summed E-state index contributed by atoms with van der Waals surface area (Å²) in [4.78, 5) is 2.42. The van der Waals surface area contributed by atoms with E-state index in [9.17, 15) is 0 Å². The van der Waals surface area contributed by atoms with Crippen molar-refractivity contribution < 1.29 is 4.74 Å². The van der Waals surface area contributed by atoms with Crippen molar-refractivity contribution in [2.45, 2.75) is 32.1 Å². The van der Waals surface area contributed by atoms with Gasteiger partial charge in [-0.25, -0.2) is 0 Å². The van der Waals surface area contributed by atoms with Gasteiger partial charge in [-0.3, -0.25) is 4.90 Å². The Balaban J connectivity index is 2.02. The van der Waals surface area contributed by atoms with E-state index in [4.69, 9.17) is 16.3 Å². The van der Waals surface area contributed by atoms with Gasteiger partial charge in [0.25, 0.3) is 0 Å². The first-order chi connectivity index (χ1) is 8.48. The molecule has 100 valence electrons. The van der Waals surface area contributed by atoms with Crippen molar-refractivity contribution >= 4 is 27.5 Å². The van der Waals surface area contributed by atoms with Crippen LogP contribution in [0.4, 0.5) is 0 Å². The molecule has 0 bridgehead atoms. The van der Waals surface area contributed by atoms with E-state index in [1.54, 1.807) is 0 Å². The molecule has 1 saturated heterocycles. The summed E-state index contributed by atoms with van der Waals surface area (Å²) in [5.74, 6) is 0.556. The maximum absolute atomic E-state index is 5.94. The number of benzene rings is 1. The number of rotatable bonds is 3. The van der Waals surface area contributed by atoms with Crippen LogP contribution in [-0.2, 0) is 11.3 Å². The summed E-state index contributed by atoms with van der Waals surface area (Å²) in [6, 6.07) is 8.48. The largest absolute Gasteiger partial charge is 0.368 e. The van der Waals surface area contributed by atoms with Gasteiger partial charge in [0.15, 0.2) is 0 Å². The lowest BCUT2D eigenvalue weighted by Gasteiger charge is -2.42. The molecule has 4 heteroatoms. The summed E-state index contributed by atoms with van der Waals surface area (Å²) in [5.41, 5.74) is 1.21. The molecular weight excluding hydrogens is 314 g/mol. The van der Waals surface area contributed by atoms with Crippen LogP contribution in [0.15, 0.2) is 28.7 Å². The van der Waals surface area contributed by atoms with Gasteiger partial charge in [-0.2, -0.15) is 0 Å². The quantitative estimate of drug-likeness (QED) is 0.783. The first-order valence-electron chi connectivity index (χ1n) is 6.19. The van der Waals surface area contributed by atoms with Crippen LogP contribution < -0.4 is 0 Å². The number of ether oxygens (including phenoxy) is 1. The predicted molar refractivity (Wildman–Crippen MR) is 79.1 cm³/mol. The summed E-state index contributed by atoms with van der Waals surface area (Å²) in [6.45, 7) is 7.05. The zero-order valence-electron chi connectivity index (χ0n) is 10.8. The van der Waals surface area contributed by atoms with E-state index < -0.39 is 0 Å². The Morgan fingerprint density at radius 2 is 2.06 bits per heavy atom. The highest BCUT2D eigenvalue weighted by Crippen LogP contribution is 2.23. The molecule has 1 aliphatic heterocycles. The molecule has 1 aromatic carbocycles. The molecule has 1 unspecified atom stereocenters. The molecule has 0 saturated carbocycles. The number of alkyl halides is 1. The van der Waals surface area contributed by atoms with Crippen LogP contribution in [0, 0.1) is 0 Å². The second-order valence-corrected chi connectivity index (χ2v) is 6.67. The first kappa shape index (κ1) is 14.3. The number of hydrogen-bond acceptors (Lipinski definition) is 2. The maximum Gasteiger partial charge on any atom is 0.0845 e. The van der Waals surface area contributed by atoms with Crippen LogP contribution >= 0.6 is 27.5 Å². The number of morpholine rings is 1. The van der Waals surface area contributed by atoms with Gasteiger partial charge < -0.3 is 4.74 Å². The molecule has 0 N–H and O–H groups in total. The highest BCUT2D eigenvalue weighted by atomic mass is 79.9. The van der Waals surface area contributed by atoms with E-state index in [2.05, 4.69) is 58.9 Å². The van der Waals surface area contributed by atoms with Gasteiger partial charge in [0, 0.05) is 30.0 Å². The summed E-state index contributed by atoms with van der Waals surface area (Å²) in [5, 5.41) is 0. The lowest BCUT2D eigenvalue weighted by atomic mass is 10.0. The summed E-state index contributed by atoms with van der Waals surface area (Å²) < 4.78 is 7.05. The molecule has 1 aromatic rings. The third-order valence-corrected chi connectivity index (χ3v) is 3.92. The van der Waals surface area contributed by atoms with E-state index in [0.717, 1.165) is 24.1 Å². The third kappa shape index (κ3) is 3.95. The van der Waals surface area contributed by atoms with Crippen LogP contribution in [0.3, 0.4) is 0 Å². The average molecular weight is 333 g/mol. The van der Waals surface area contributed by atoms with Crippen LogP contribution in [0.2, 0.25) is 0 Å². The second kappa shape index (κ2) is 5.91. The van der Waals surface area contributed by atoms with Gasteiger partial charge in [-0.15, -0.1) is 11.6 Å². The fraction of sp³-hybridized carbons (Fsp3) is 0.571. The Kier molecular flexibility index (Phi) is 4.70. The summed E-state index contributed by atoms with van der Waals surface area (Å²) in [6.07, 6.45) is 0.130. The minimum Gasteiger partial charge on any atom is -0.368 e. The standard InChI is InChI=1S/C14H19BrClNO/c1-14(2)10-17(9-13(7-16)18-14)8-11-3-5-12(15)6-4-11/h3-6,13H,7-10H2,1-2H3. The Morgan fingerprint density at radius 3 is 2.67 bits per heavy atom. The molecule has 1 aliphatic rings. The molecule has 1 heterocycles. The topological polar surface area (TPSA) is 12.5 Å². The Morgan fingerprint density at radius 1 is 1.39 bits per heavy atom. The average Bonchev–Trinajstić information content (AvgIpc) is 2.30. The van der Waals surface area contributed by atoms with E-state index in [1.165, 1.54) is 5.56 Å². The molecule has 1 atom stereocenters. The van der Waals surface area contributed by atoms with Gasteiger partial charge in [0.2, 0.25) is 0 Å². The van der Waals surface area contributed by atoms with Gasteiger partial charge in [-0.1, -0.05) is 28.1 Å². The zero-order chi connectivity index (χ0) is 13.2. The SMILES string of the molecule is CC1(C)CN(Cc2ccc(Br)cc2)CC(CCl)O1. The Labute approximate surface area is 122 Å². The van der Waals surface area contributed by atoms with Crippen LogP contribution in [-0.4, -0.2) is 35.6 Å². The molecule has 0 aliphatic carbocycles. The smallest absolute Gasteiger partial charge is 0.0845 e. The van der Waals surface area contributed by atoms with Crippen molar-refractivity contribution in [2.75, 3.05) is 19.0 Å². The maximum atomic E-state index is 5.94. The van der Waals surface area contributed by atoms with Crippen LogP contribution in [0.25, 0.3) is 0 Å². The Hall–Kier alpha value is -0.0900. The van der Waals surface area contributed by atoms with Crippen molar-refractivity contribution in [3.05, 3.63) is 34.3 Å². The normalized spacial score (nSPS) is 24.1. The van der Waals surface area contributed by atoms with Gasteiger partial charge in [-0.05, 0) is 31.5 Å². The van der Waals surface area contributed by atoms with Crippen molar-refractivity contribution in [3.63, 3.8) is 0 Å². The fourth-order valence-electron chi connectivity index (χ4n) is 2.47. The van der Waals surface area contributed by atoms with Crippen molar-refractivity contribution in [2.24, 2.45) is 0 Å². The third-order valence-electron chi connectivity index (χ3n) is 3.04. The summed E-state index contributed by atoms with van der Waals surface area (Å²) >= 11 is 9.40. The highest BCUT2D eigenvalue weighted by Gasteiger charge is 2.32. The lowest BCUT2D eigenvalue weighted by Crippen LogP contribution is -2.52. The van der Waals surface area contributed by atoms with Crippen LogP contribution in [0.1, 0.15) is 19.4 Å². The summed E-state index contributed by atoms with van der Waals surface area (Å²) in [7, 11) is 0. The van der Waals surface area contributed by atoms with Crippen molar-refractivity contribution in [3.8, 4) is 0 Å². The van der Waals surface area contributed by atoms with E-state index in [0.29, 0.717) is 5.88 Å².